The summed E-state index contributed by atoms with van der Waals surface area (Å²) in [5, 5.41) is 6.39. The van der Waals surface area contributed by atoms with E-state index in [2.05, 4.69) is 27.2 Å². The van der Waals surface area contributed by atoms with Gasteiger partial charge in [-0.1, -0.05) is 6.92 Å². The third kappa shape index (κ3) is 4.25. The van der Waals surface area contributed by atoms with Gasteiger partial charge in [-0.05, 0) is 13.3 Å². The normalized spacial score (nSPS) is 10.8. The number of nitrogens with zero attached hydrogens (tertiary/aromatic N) is 3. The highest BCUT2D eigenvalue weighted by Gasteiger charge is 2.08. The number of nitrogens with one attached hydrogen (secondary N) is 1. The van der Waals surface area contributed by atoms with E-state index in [0.29, 0.717) is 13.0 Å². The Morgan fingerprint density at radius 3 is 2.80 bits per heavy atom. The van der Waals surface area contributed by atoms with Crippen LogP contribution in [0.1, 0.15) is 35.6 Å². The Morgan fingerprint density at radius 1 is 1.30 bits per heavy atom. The molecule has 0 spiro atoms. The van der Waals surface area contributed by atoms with Crippen LogP contribution in [0, 0.1) is 6.92 Å². The van der Waals surface area contributed by atoms with Crippen molar-refractivity contribution in [2.45, 2.75) is 33.3 Å². The van der Waals surface area contributed by atoms with Crippen LogP contribution in [0.2, 0.25) is 0 Å². The molecule has 2 heterocycles. The Balaban J connectivity index is 2.18. The van der Waals surface area contributed by atoms with Crippen molar-refractivity contribution in [2.24, 2.45) is 0 Å². The third-order valence-corrected chi connectivity index (χ3v) is 3.62. The van der Waals surface area contributed by atoms with Gasteiger partial charge in [0, 0.05) is 30.8 Å². The van der Waals surface area contributed by atoms with Crippen LogP contribution < -0.4 is 5.32 Å². The second-order valence-electron chi connectivity index (χ2n) is 4.58. The molecule has 0 fully saturated rings. The van der Waals surface area contributed by atoms with Gasteiger partial charge in [0.2, 0.25) is 0 Å². The van der Waals surface area contributed by atoms with Crippen molar-refractivity contribution < 1.29 is 4.74 Å². The van der Waals surface area contributed by atoms with Crippen molar-refractivity contribution in [1.29, 1.82) is 0 Å². The molecule has 5 nitrogen and oxygen atoms in total. The minimum atomic E-state index is 0.493. The number of aryl methyl sites for hydroxylation is 1. The predicted molar refractivity (Wildman–Crippen MR) is 81.2 cm³/mol. The van der Waals surface area contributed by atoms with Gasteiger partial charge in [-0.2, -0.15) is 0 Å². The van der Waals surface area contributed by atoms with Crippen molar-refractivity contribution in [3.8, 4) is 0 Å². The maximum Gasteiger partial charge on any atom is 0.137 e. The summed E-state index contributed by atoms with van der Waals surface area (Å²) in [7, 11) is 1.67. The number of aromatic nitrogens is 3. The zero-order chi connectivity index (χ0) is 14.4. The molecular weight excluding hydrogens is 272 g/mol. The van der Waals surface area contributed by atoms with E-state index in [1.54, 1.807) is 18.4 Å². The Morgan fingerprint density at radius 2 is 2.15 bits per heavy atom. The molecular formula is C14H20N4OS. The summed E-state index contributed by atoms with van der Waals surface area (Å²) in [6, 6.07) is 1.94. The lowest BCUT2D eigenvalue weighted by atomic mass is 10.3. The molecule has 0 saturated carbocycles. The van der Waals surface area contributed by atoms with Crippen LogP contribution >= 0.6 is 11.3 Å². The molecule has 2 aromatic heterocycles. The van der Waals surface area contributed by atoms with Gasteiger partial charge in [0.15, 0.2) is 0 Å². The molecule has 2 aromatic rings. The van der Waals surface area contributed by atoms with Crippen LogP contribution in [0.15, 0.2) is 11.4 Å². The summed E-state index contributed by atoms with van der Waals surface area (Å²) in [6.45, 7) is 5.52. The summed E-state index contributed by atoms with van der Waals surface area (Å²) >= 11 is 1.64. The number of rotatable bonds is 7. The highest BCUT2D eigenvalue weighted by atomic mass is 32.1. The average Bonchev–Trinajstić information content (AvgIpc) is 2.82. The summed E-state index contributed by atoms with van der Waals surface area (Å²) in [4.78, 5) is 13.5. The highest BCUT2D eigenvalue weighted by molar-refractivity contribution is 7.09. The molecule has 0 radical (unpaired) electrons. The van der Waals surface area contributed by atoms with Gasteiger partial charge in [0.1, 0.15) is 16.6 Å². The van der Waals surface area contributed by atoms with Gasteiger partial charge in [0.25, 0.3) is 0 Å². The minimum Gasteiger partial charge on any atom is -0.378 e. The lowest BCUT2D eigenvalue weighted by Gasteiger charge is -2.08. The second-order valence-corrected chi connectivity index (χ2v) is 5.52. The Hall–Kier alpha value is -1.53. The summed E-state index contributed by atoms with van der Waals surface area (Å²) < 4.78 is 5.17. The fraction of sp³-hybridized carbons (Fsp3) is 0.500. The molecule has 0 amide bonds. The molecule has 0 aliphatic rings. The predicted octanol–water partition coefficient (Wildman–Crippen LogP) is 2.80. The quantitative estimate of drug-likeness (QED) is 0.850. The molecule has 0 atom stereocenters. The first-order valence-electron chi connectivity index (χ1n) is 6.72. The molecule has 0 aromatic carbocycles. The summed E-state index contributed by atoms with van der Waals surface area (Å²) in [5.41, 5.74) is 1.94. The monoisotopic (exact) mass is 292 g/mol. The van der Waals surface area contributed by atoms with Crippen molar-refractivity contribution in [1.82, 2.24) is 15.0 Å². The van der Waals surface area contributed by atoms with E-state index in [1.165, 1.54) is 0 Å². The Kier molecular flexibility index (Phi) is 5.43. The van der Waals surface area contributed by atoms with Gasteiger partial charge in [-0.25, -0.2) is 15.0 Å². The van der Waals surface area contributed by atoms with Gasteiger partial charge in [0.05, 0.1) is 18.7 Å². The largest absolute Gasteiger partial charge is 0.378 e. The molecule has 6 heteroatoms. The number of methoxy groups -OCH3 is 1. The molecule has 0 aliphatic heterocycles. The molecule has 0 saturated heterocycles. The smallest absolute Gasteiger partial charge is 0.137 e. The molecule has 0 unspecified atom stereocenters. The number of anilines is 1. The Bertz CT molecular complexity index is 556. The minimum absolute atomic E-state index is 0.493. The van der Waals surface area contributed by atoms with Crippen LogP contribution in [0.3, 0.4) is 0 Å². The van der Waals surface area contributed by atoms with E-state index < -0.39 is 0 Å². The maximum absolute atomic E-state index is 5.17. The fourth-order valence-corrected chi connectivity index (χ4v) is 2.58. The lowest BCUT2D eigenvalue weighted by molar-refractivity contribution is 0.181. The number of thiazole rings is 1. The molecule has 20 heavy (non-hydrogen) atoms. The first kappa shape index (κ1) is 14.9. The van der Waals surface area contributed by atoms with Gasteiger partial charge < -0.3 is 10.1 Å². The van der Waals surface area contributed by atoms with Crippen LogP contribution in [-0.2, 0) is 17.8 Å². The van der Waals surface area contributed by atoms with E-state index in [0.717, 1.165) is 41.0 Å². The molecule has 1 N–H and O–H groups in total. The zero-order valence-electron chi connectivity index (χ0n) is 12.1. The number of hydrogen-bond acceptors (Lipinski definition) is 6. The van der Waals surface area contributed by atoms with E-state index in [4.69, 9.17) is 4.74 Å². The molecule has 2 rings (SSSR count). The third-order valence-electron chi connectivity index (χ3n) is 2.65. The fourth-order valence-electron chi connectivity index (χ4n) is 1.82. The van der Waals surface area contributed by atoms with Crippen molar-refractivity contribution in [3.63, 3.8) is 0 Å². The van der Waals surface area contributed by atoms with Crippen LogP contribution in [-0.4, -0.2) is 28.6 Å². The zero-order valence-corrected chi connectivity index (χ0v) is 13.0. The average molecular weight is 292 g/mol. The van der Waals surface area contributed by atoms with Crippen molar-refractivity contribution >= 4 is 17.2 Å². The van der Waals surface area contributed by atoms with E-state index >= 15 is 0 Å². The SMILES string of the molecule is CCCNc1cc(COC)nc(Cc2nc(C)cs2)n1. The summed E-state index contributed by atoms with van der Waals surface area (Å²) in [5.74, 6) is 1.64. The molecule has 0 aliphatic carbocycles. The lowest BCUT2D eigenvalue weighted by Crippen LogP contribution is -2.08. The van der Waals surface area contributed by atoms with Gasteiger partial charge in [-0.3, -0.25) is 0 Å². The van der Waals surface area contributed by atoms with Crippen molar-refractivity contribution in [2.75, 3.05) is 19.0 Å². The standard InChI is InChI=1S/C14H20N4OS/c1-4-5-15-12-6-11(8-19-3)17-13(18-12)7-14-16-10(2)9-20-14/h6,9H,4-5,7-8H2,1-3H3,(H,15,17,18). The van der Waals surface area contributed by atoms with Gasteiger partial charge in [-0.15, -0.1) is 11.3 Å². The van der Waals surface area contributed by atoms with Crippen LogP contribution in [0.4, 0.5) is 5.82 Å². The maximum atomic E-state index is 5.17. The summed E-state index contributed by atoms with van der Waals surface area (Å²) in [6.07, 6.45) is 1.72. The van der Waals surface area contributed by atoms with Crippen LogP contribution in [0.25, 0.3) is 0 Å². The van der Waals surface area contributed by atoms with Crippen molar-refractivity contribution in [3.05, 3.63) is 33.7 Å². The first-order chi connectivity index (χ1) is 9.71. The second kappa shape index (κ2) is 7.31. The van der Waals surface area contributed by atoms with Gasteiger partial charge >= 0.3 is 0 Å². The van der Waals surface area contributed by atoms with Crippen LogP contribution in [0.5, 0.6) is 0 Å². The van der Waals surface area contributed by atoms with E-state index in [9.17, 15) is 0 Å². The number of ether oxygens (including phenoxy) is 1. The Labute approximate surface area is 123 Å². The number of hydrogen-bond donors (Lipinski definition) is 1. The molecule has 0 bridgehead atoms. The van der Waals surface area contributed by atoms with E-state index in [1.807, 2.05) is 18.4 Å². The first-order valence-corrected chi connectivity index (χ1v) is 7.60. The topological polar surface area (TPSA) is 59.9 Å². The molecule has 108 valence electrons. The highest BCUT2D eigenvalue weighted by Crippen LogP contribution is 2.15. The van der Waals surface area contributed by atoms with E-state index in [-0.39, 0.29) is 0 Å².